The fourth-order valence-electron chi connectivity index (χ4n) is 3.68. The summed E-state index contributed by atoms with van der Waals surface area (Å²) in [4.78, 5) is 21.5. The van der Waals surface area contributed by atoms with Crippen molar-refractivity contribution in [3.05, 3.63) is 53.9 Å². The van der Waals surface area contributed by atoms with Crippen LogP contribution >= 0.6 is 0 Å². The van der Waals surface area contributed by atoms with E-state index >= 15 is 0 Å². The molecule has 1 saturated heterocycles. The monoisotopic (exact) mass is 442 g/mol. The van der Waals surface area contributed by atoms with E-state index in [-0.39, 0.29) is 30.3 Å². The number of hydrogen-bond acceptors (Lipinski definition) is 5. The second-order valence-corrected chi connectivity index (χ2v) is 9.59. The number of nitrogens with one attached hydrogen (secondary N) is 1. The van der Waals surface area contributed by atoms with Crippen molar-refractivity contribution in [1.29, 1.82) is 0 Å². The molecule has 1 aromatic carbocycles. The van der Waals surface area contributed by atoms with Crippen molar-refractivity contribution in [2.24, 2.45) is 0 Å². The number of benzene rings is 1. The first-order valence-electron chi connectivity index (χ1n) is 10.3. The molecule has 1 aliphatic heterocycles. The number of carbonyl (C=O) groups excluding carboxylic acids is 1. The van der Waals surface area contributed by atoms with Crippen LogP contribution in [0, 0.1) is 13.8 Å². The molecule has 0 saturated carbocycles. The lowest BCUT2D eigenvalue weighted by atomic mass is 10.1. The average Bonchev–Trinajstić information content (AvgIpc) is 3.21. The minimum Gasteiger partial charge on any atom is -0.493 e. The minimum atomic E-state index is -3.66. The molecule has 4 rings (SSSR count). The summed E-state index contributed by atoms with van der Waals surface area (Å²) in [5.41, 5.74) is 2.88. The number of ether oxygens (including phenoxy) is 1. The number of rotatable bonds is 6. The molecule has 1 amide bonds. The maximum absolute atomic E-state index is 13.1. The van der Waals surface area contributed by atoms with Crippen LogP contribution in [0.5, 0.6) is 5.75 Å². The van der Waals surface area contributed by atoms with E-state index in [0.717, 1.165) is 11.3 Å². The fourth-order valence-corrected chi connectivity index (χ4v) is 5.25. The van der Waals surface area contributed by atoms with Gasteiger partial charge in [0.05, 0.1) is 13.0 Å². The van der Waals surface area contributed by atoms with Gasteiger partial charge in [-0.25, -0.2) is 13.4 Å². The number of pyridine rings is 1. The molecule has 31 heavy (non-hydrogen) atoms. The van der Waals surface area contributed by atoms with Crippen LogP contribution in [0.15, 0.2) is 47.6 Å². The number of aromatic nitrogens is 2. The number of aromatic amines is 1. The third-order valence-electron chi connectivity index (χ3n) is 5.69. The molecule has 1 fully saturated rings. The Morgan fingerprint density at radius 3 is 2.65 bits per heavy atom. The fraction of sp³-hybridized carbons (Fsp3) is 0.364. The number of piperazine rings is 1. The summed E-state index contributed by atoms with van der Waals surface area (Å²) < 4.78 is 33.3. The average molecular weight is 443 g/mol. The molecule has 0 radical (unpaired) electrons. The van der Waals surface area contributed by atoms with Crippen molar-refractivity contribution in [3.63, 3.8) is 0 Å². The lowest BCUT2D eigenvalue weighted by Gasteiger charge is -2.34. The van der Waals surface area contributed by atoms with E-state index in [4.69, 9.17) is 4.74 Å². The van der Waals surface area contributed by atoms with Crippen LogP contribution < -0.4 is 4.74 Å². The van der Waals surface area contributed by atoms with Crippen LogP contribution in [0.2, 0.25) is 0 Å². The zero-order valence-electron chi connectivity index (χ0n) is 17.7. The smallest absolute Gasteiger partial charge is 0.245 e. The molecule has 0 bridgehead atoms. The van der Waals surface area contributed by atoms with Gasteiger partial charge >= 0.3 is 0 Å². The van der Waals surface area contributed by atoms with E-state index in [1.807, 2.05) is 32.0 Å². The van der Waals surface area contributed by atoms with Gasteiger partial charge in [0.25, 0.3) is 0 Å². The number of fused-ring (bicyclic) bond motifs is 1. The first-order valence-corrected chi connectivity index (χ1v) is 11.7. The van der Waals surface area contributed by atoms with Crippen LogP contribution in [0.25, 0.3) is 11.0 Å². The Morgan fingerprint density at radius 1 is 1.13 bits per heavy atom. The summed E-state index contributed by atoms with van der Waals surface area (Å²) in [6, 6.07) is 9.31. The van der Waals surface area contributed by atoms with E-state index in [1.54, 1.807) is 23.2 Å². The highest BCUT2D eigenvalue weighted by atomic mass is 32.2. The summed E-state index contributed by atoms with van der Waals surface area (Å²) in [7, 11) is -3.66. The molecule has 0 atom stereocenters. The van der Waals surface area contributed by atoms with Gasteiger partial charge in [0.15, 0.2) is 0 Å². The van der Waals surface area contributed by atoms with Crippen LogP contribution in [-0.4, -0.2) is 66.3 Å². The van der Waals surface area contributed by atoms with Gasteiger partial charge in [-0.15, -0.1) is 0 Å². The maximum Gasteiger partial charge on any atom is 0.245 e. The molecule has 1 aliphatic rings. The summed E-state index contributed by atoms with van der Waals surface area (Å²) in [6.07, 6.45) is 3.35. The number of hydrogen-bond donors (Lipinski definition) is 1. The van der Waals surface area contributed by atoms with Crippen molar-refractivity contribution in [2.75, 3.05) is 32.8 Å². The van der Waals surface area contributed by atoms with Gasteiger partial charge in [-0.3, -0.25) is 4.79 Å². The van der Waals surface area contributed by atoms with Gasteiger partial charge in [-0.2, -0.15) is 4.31 Å². The van der Waals surface area contributed by atoms with Gasteiger partial charge in [0.2, 0.25) is 15.9 Å². The van der Waals surface area contributed by atoms with E-state index < -0.39 is 10.0 Å². The van der Waals surface area contributed by atoms with Gasteiger partial charge in [-0.05, 0) is 49.2 Å². The largest absolute Gasteiger partial charge is 0.493 e. The van der Waals surface area contributed by atoms with E-state index in [2.05, 4.69) is 9.97 Å². The molecule has 0 spiro atoms. The molecule has 0 aliphatic carbocycles. The number of nitrogens with zero attached hydrogens (tertiary/aromatic N) is 3. The molecular formula is C22H26N4O4S. The second kappa shape index (κ2) is 8.68. The number of amides is 1. The Balaban J connectivity index is 1.31. The third-order valence-corrected chi connectivity index (χ3v) is 7.62. The summed E-state index contributed by atoms with van der Waals surface area (Å²) in [5, 5.41) is 0.574. The highest BCUT2D eigenvalue weighted by Crippen LogP contribution is 2.25. The van der Waals surface area contributed by atoms with Crippen LogP contribution in [0.4, 0.5) is 0 Å². The number of H-pyrrole nitrogens is 1. The van der Waals surface area contributed by atoms with Crippen molar-refractivity contribution >= 4 is 27.0 Å². The second-order valence-electron chi connectivity index (χ2n) is 7.68. The van der Waals surface area contributed by atoms with E-state index in [0.29, 0.717) is 30.7 Å². The quantitative estimate of drug-likeness (QED) is 0.633. The van der Waals surface area contributed by atoms with Crippen molar-refractivity contribution < 1.29 is 17.9 Å². The molecule has 0 unspecified atom stereocenters. The summed E-state index contributed by atoms with van der Waals surface area (Å²) in [5.74, 6) is 0.720. The topological polar surface area (TPSA) is 95.6 Å². The summed E-state index contributed by atoms with van der Waals surface area (Å²) in [6.45, 7) is 5.61. The van der Waals surface area contributed by atoms with Crippen LogP contribution in [-0.2, 0) is 14.8 Å². The highest BCUT2D eigenvalue weighted by molar-refractivity contribution is 7.89. The maximum atomic E-state index is 13.1. The molecule has 3 aromatic rings. The van der Waals surface area contributed by atoms with E-state index in [1.165, 1.54) is 16.1 Å². The SMILES string of the molecule is Cc1ccc(OCCC(=O)N2CCN(S(=O)(=O)c3c[nH]c4ncccc34)CC2)cc1C. The first kappa shape index (κ1) is 21.3. The van der Waals surface area contributed by atoms with Crippen LogP contribution in [0.3, 0.4) is 0 Å². The Bertz CT molecular complexity index is 1200. The van der Waals surface area contributed by atoms with Crippen LogP contribution in [0.1, 0.15) is 17.5 Å². The predicted octanol–water partition coefficient (Wildman–Crippen LogP) is 2.48. The van der Waals surface area contributed by atoms with Gasteiger partial charge < -0.3 is 14.6 Å². The third kappa shape index (κ3) is 4.42. The minimum absolute atomic E-state index is 0.0304. The van der Waals surface area contributed by atoms with E-state index in [9.17, 15) is 13.2 Å². The summed E-state index contributed by atoms with van der Waals surface area (Å²) >= 11 is 0. The molecule has 9 heteroatoms. The molecular weight excluding hydrogens is 416 g/mol. The lowest BCUT2D eigenvalue weighted by Crippen LogP contribution is -2.50. The van der Waals surface area contributed by atoms with Gasteiger partial charge in [0.1, 0.15) is 16.3 Å². The van der Waals surface area contributed by atoms with Crippen molar-refractivity contribution in [1.82, 2.24) is 19.2 Å². The predicted molar refractivity (Wildman–Crippen MR) is 117 cm³/mol. The molecule has 8 nitrogen and oxygen atoms in total. The Hall–Kier alpha value is -2.91. The number of carbonyl (C=O) groups is 1. The Morgan fingerprint density at radius 2 is 1.90 bits per heavy atom. The molecule has 2 aromatic heterocycles. The van der Waals surface area contributed by atoms with Gasteiger partial charge in [-0.1, -0.05) is 6.07 Å². The zero-order chi connectivity index (χ0) is 22.0. The van der Waals surface area contributed by atoms with Gasteiger partial charge in [0, 0.05) is 44.0 Å². The normalized spacial score (nSPS) is 15.4. The Kier molecular flexibility index (Phi) is 5.97. The molecule has 3 heterocycles. The number of aryl methyl sites for hydroxylation is 2. The zero-order valence-corrected chi connectivity index (χ0v) is 18.5. The standard InChI is InChI=1S/C22H26N4O4S/c1-16-5-6-18(14-17(16)2)30-13-7-21(27)25-9-11-26(12-10-25)31(28,29)20-15-24-22-19(20)4-3-8-23-22/h3-6,8,14-15H,7,9-13H2,1-2H3,(H,23,24). The highest BCUT2D eigenvalue weighted by Gasteiger charge is 2.31. The van der Waals surface area contributed by atoms with Crippen molar-refractivity contribution in [2.45, 2.75) is 25.2 Å². The number of sulfonamides is 1. The van der Waals surface area contributed by atoms with Crippen molar-refractivity contribution in [3.8, 4) is 5.75 Å². The first-order chi connectivity index (χ1) is 14.9. The molecule has 1 N–H and O–H groups in total. The Labute approximate surface area is 181 Å². The molecule has 164 valence electrons. The lowest BCUT2D eigenvalue weighted by molar-refractivity contribution is -0.132.